The lowest BCUT2D eigenvalue weighted by molar-refractivity contribution is -0.387. The minimum absolute atomic E-state index is 0.0237. The number of hydrogen-bond acceptors (Lipinski definition) is 9. The summed E-state index contributed by atoms with van der Waals surface area (Å²) in [5.74, 6) is -1.16. The Bertz CT molecular complexity index is 1460. The number of nitro groups is 2. The minimum Gasteiger partial charge on any atom is -0.383 e. The Morgan fingerprint density at radius 3 is 1.54 bits per heavy atom. The average molecular weight is 560 g/mol. The van der Waals surface area contributed by atoms with Gasteiger partial charge in [0.15, 0.2) is 0 Å². The maximum Gasteiger partial charge on any atom is 0.304 e. The number of nitrogens with zero attached hydrogens (tertiary/aromatic N) is 2. The van der Waals surface area contributed by atoms with Crippen LogP contribution in [0.25, 0.3) is 0 Å². The highest BCUT2D eigenvalue weighted by Crippen LogP contribution is 2.37. The van der Waals surface area contributed by atoms with E-state index in [0.29, 0.717) is 6.07 Å². The molecule has 2 aromatic rings. The molecule has 0 bridgehead atoms. The first-order valence-electron chi connectivity index (χ1n) is 11.0. The van der Waals surface area contributed by atoms with E-state index in [9.17, 15) is 41.5 Å². The molecule has 37 heavy (non-hydrogen) atoms. The number of hydrogen-bond donors (Lipinski definition) is 3. The highest BCUT2D eigenvalue weighted by atomic mass is 32.2. The minimum atomic E-state index is -3.83. The van der Waals surface area contributed by atoms with Gasteiger partial charge < -0.3 is 5.32 Å². The van der Waals surface area contributed by atoms with Gasteiger partial charge in [-0.3, -0.25) is 20.2 Å². The van der Waals surface area contributed by atoms with Crippen molar-refractivity contribution in [2.75, 3.05) is 12.4 Å². The molecule has 2 aromatic carbocycles. The first kappa shape index (κ1) is 28.4. The van der Waals surface area contributed by atoms with E-state index in [1.807, 2.05) is 6.92 Å². The summed E-state index contributed by atoms with van der Waals surface area (Å²) in [5, 5.41) is 23.8. The standard InChI is InChI=1S/C11H15N3O4S.C10H11FN2O4S/c1-11(5-6-11)13-19(17,18)8-3-4-10(14(15)16)9(7-8)12-2;1-10(4-5-10)12-18(16,17)7-2-3-9(13(14)15)8(11)6-7/h3-4,7,12-13H,5-6H2,1-2H3;2-3,6,12H,4-5H2,1H3. The zero-order valence-corrected chi connectivity index (χ0v) is 21.8. The molecule has 2 aliphatic carbocycles. The smallest absolute Gasteiger partial charge is 0.304 e. The molecular formula is C21H26FN5O8S2. The summed E-state index contributed by atoms with van der Waals surface area (Å²) in [6.45, 7) is 3.57. The second-order valence-corrected chi connectivity index (χ2v) is 12.8. The summed E-state index contributed by atoms with van der Waals surface area (Å²) in [7, 11) is -5.97. The summed E-state index contributed by atoms with van der Waals surface area (Å²) < 4.78 is 66.4. The highest BCUT2D eigenvalue weighted by molar-refractivity contribution is 7.89. The second-order valence-electron chi connectivity index (χ2n) is 9.39. The van der Waals surface area contributed by atoms with Crippen LogP contribution in [0.2, 0.25) is 0 Å². The molecule has 0 aromatic heterocycles. The first-order valence-corrected chi connectivity index (χ1v) is 14.0. The molecule has 202 valence electrons. The van der Waals surface area contributed by atoms with Crippen LogP contribution in [-0.4, -0.2) is 44.8 Å². The van der Waals surface area contributed by atoms with E-state index in [2.05, 4.69) is 14.8 Å². The molecule has 13 nitrogen and oxygen atoms in total. The number of rotatable bonds is 9. The number of sulfonamides is 2. The van der Waals surface area contributed by atoms with Crippen molar-refractivity contribution in [1.29, 1.82) is 0 Å². The van der Waals surface area contributed by atoms with Crippen LogP contribution in [0.15, 0.2) is 46.2 Å². The maximum absolute atomic E-state index is 13.3. The molecule has 2 fully saturated rings. The van der Waals surface area contributed by atoms with E-state index >= 15 is 0 Å². The lowest BCUT2D eigenvalue weighted by atomic mass is 10.3. The third-order valence-corrected chi connectivity index (χ3v) is 9.20. The number of nitro benzene ring substituents is 2. The summed E-state index contributed by atoms with van der Waals surface area (Å²) in [5.41, 5.74) is -1.57. The Balaban J connectivity index is 0.000000206. The predicted molar refractivity (Wildman–Crippen MR) is 132 cm³/mol. The molecule has 2 aliphatic rings. The van der Waals surface area contributed by atoms with Gasteiger partial charge in [0.2, 0.25) is 25.9 Å². The number of nitrogens with one attached hydrogen (secondary N) is 3. The topological polar surface area (TPSA) is 191 Å². The predicted octanol–water partition coefficient (Wildman–Crippen LogP) is 3.03. The quantitative estimate of drug-likeness (QED) is 0.306. The highest BCUT2D eigenvalue weighted by Gasteiger charge is 2.42. The van der Waals surface area contributed by atoms with Crippen molar-refractivity contribution >= 4 is 37.1 Å². The van der Waals surface area contributed by atoms with Gasteiger partial charge in [0, 0.05) is 36.3 Å². The molecule has 4 rings (SSSR count). The molecule has 0 aliphatic heterocycles. The molecule has 16 heteroatoms. The second kappa shape index (κ2) is 9.92. The van der Waals surface area contributed by atoms with Gasteiger partial charge in [0.1, 0.15) is 5.69 Å². The van der Waals surface area contributed by atoms with E-state index in [1.165, 1.54) is 25.2 Å². The zero-order chi connectivity index (χ0) is 27.8. The van der Waals surface area contributed by atoms with Gasteiger partial charge in [0.05, 0.1) is 19.6 Å². The number of benzene rings is 2. The van der Waals surface area contributed by atoms with Crippen LogP contribution in [0, 0.1) is 26.0 Å². The van der Waals surface area contributed by atoms with E-state index in [-0.39, 0.29) is 26.7 Å². The van der Waals surface area contributed by atoms with Crippen LogP contribution in [0.3, 0.4) is 0 Å². The van der Waals surface area contributed by atoms with E-state index in [1.54, 1.807) is 6.92 Å². The van der Waals surface area contributed by atoms with Crippen molar-refractivity contribution < 1.29 is 31.1 Å². The Labute approximate surface area is 212 Å². The largest absolute Gasteiger partial charge is 0.383 e. The average Bonchev–Trinajstić information content (AvgIpc) is 3.71. The molecule has 0 amide bonds. The van der Waals surface area contributed by atoms with Crippen LogP contribution in [0.5, 0.6) is 0 Å². The van der Waals surface area contributed by atoms with Crippen LogP contribution in [0.1, 0.15) is 39.5 Å². The fraction of sp³-hybridized carbons (Fsp3) is 0.429. The van der Waals surface area contributed by atoms with E-state index < -0.39 is 46.9 Å². The molecule has 0 heterocycles. The summed E-state index contributed by atoms with van der Waals surface area (Å²) >= 11 is 0. The van der Waals surface area contributed by atoms with Crippen molar-refractivity contribution in [1.82, 2.24) is 9.44 Å². The first-order chi connectivity index (χ1) is 17.0. The summed E-state index contributed by atoms with van der Waals surface area (Å²) in [6, 6.07) is 6.23. The van der Waals surface area contributed by atoms with Gasteiger partial charge in [-0.1, -0.05) is 0 Å². The molecule has 0 atom stereocenters. The molecule has 3 N–H and O–H groups in total. The summed E-state index contributed by atoms with van der Waals surface area (Å²) in [4.78, 5) is 19.5. The SMILES string of the molecule is CC1(NS(=O)(=O)c2ccc([N+](=O)[O-])c(F)c2)CC1.CNc1cc(S(=O)(=O)NC2(C)CC2)ccc1[N+](=O)[O-]. The van der Waals surface area contributed by atoms with Crippen LogP contribution in [0.4, 0.5) is 21.5 Å². The monoisotopic (exact) mass is 559 g/mol. The molecule has 2 saturated carbocycles. The van der Waals surface area contributed by atoms with Gasteiger partial charge in [-0.25, -0.2) is 26.3 Å². The fourth-order valence-electron chi connectivity index (χ4n) is 3.19. The van der Waals surface area contributed by atoms with E-state index in [4.69, 9.17) is 0 Å². The van der Waals surface area contributed by atoms with Crippen LogP contribution < -0.4 is 14.8 Å². The van der Waals surface area contributed by atoms with Crippen molar-refractivity contribution in [2.24, 2.45) is 0 Å². The van der Waals surface area contributed by atoms with Crippen molar-refractivity contribution in [3.8, 4) is 0 Å². The fourth-order valence-corrected chi connectivity index (χ4v) is 6.16. The number of halogens is 1. The molecule has 0 saturated heterocycles. The maximum atomic E-state index is 13.3. The van der Waals surface area contributed by atoms with Crippen molar-refractivity contribution in [2.45, 2.75) is 60.4 Å². The third-order valence-electron chi connectivity index (χ3n) is 5.93. The summed E-state index contributed by atoms with van der Waals surface area (Å²) in [6.07, 6.45) is 3.06. The van der Waals surface area contributed by atoms with Crippen LogP contribution >= 0.6 is 0 Å². The van der Waals surface area contributed by atoms with Crippen LogP contribution in [-0.2, 0) is 20.0 Å². The lowest BCUT2D eigenvalue weighted by Gasteiger charge is -2.13. The number of anilines is 1. The van der Waals surface area contributed by atoms with Gasteiger partial charge in [-0.05, 0) is 57.7 Å². The van der Waals surface area contributed by atoms with Gasteiger partial charge in [0.25, 0.3) is 5.69 Å². The molecule has 0 unspecified atom stereocenters. The Morgan fingerprint density at radius 2 is 1.19 bits per heavy atom. The van der Waals surface area contributed by atoms with Gasteiger partial charge in [-0.2, -0.15) is 4.39 Å². The Hall–Kier alpha value is -3.21. The Morgan fingerprint density at radius 1 is 0.784 bits per heavy atom. The van der Waals surface area contributed by atoms with Gasteiger partial charge in [-0.15, -0.1) is 0 Å². The van der Waals surface area contributed by atoms with Crippen molar-refractivity contribution in [3.05, 3.63) is 62.4 Å². The van der Waals surface area contributed by atoms with Crippen molar-refractivity contribution in [3.63, 3.8) is 0 Å². The Kier molecular flexibility index (Phi) is 7.61. The zero-order valence-electron chi connectivity index (χ0n) is 20.1. The normalized spacial score (nSPS) is 17.2. The molecular weight excluding hydrogens is 533 g/mol. The van der Waals surface area contributed by atoms with E-state index in [0.717, 1.165) is 37.8 Å². The van der Waals surface area contributed by atoms with Gasteiger partial charge >= 0.3 is 5.69 Å². The third kappa shape index (κ3) is 6.97. The lowest BCUT2D eigenvalue weighted by Crippen LogP contribution is -2.34. The molecule has 0 radical (unpaired) electrons. The molecule has 0 spiro atoms.